The van der Waals surface area contributed by atoms with Crippen LogP contribution in [0.3, 0.4) is 0 Å². The molecule has 80 valence electrons. The summed E-state index contributed by atoms with van der Waals surface area (Å²) in [6, 6.07) is 4.03. The topological polar surface area (TPSA) is 29.5 Å². The summed E-state index contributed by atoms with van der Waals surface area (Å²) in [6.45, 7) is 2.20. The number of hydrogen-bond acceptors (Lipinski definition) is 2. The molecule has 0 spiro atoms. The zero-order chi connectivity index (χ0) is 11.0. The van der Waals surface area contributed by atoms with E-state index >= 15 is 0 Å². The molecule has 0 N–H and O–H groups in total. The first-order valence-electron chi connectivity index (χ1n) is 4.85. The van der Waals surface area contributed by atoms with Gasteiger partial charge in [-0.05, 0) is 40.0 Å². The molecule has 4 heteroatoms. The van der Waals surface area contributed by atoms with E-state index in [9.17, 15) is 4.79 Å². The number of ether oxygens (including phenoxy) is 1. The van der Waals surface area contributed by atoms with Crippen molar-refractivity contribution in [1.82, 2.24) is 0 Å². The third kappa shape index (κ3) is 1.74. The number of halogens is 1. The van der Waals surface area contributed by atoms with Crippen LogP contribution in [0, 0.1) is 0 Å². The number of benzene rings is 1. The number of hydrogen-bond donors (Lipinski definition) is 0. The first-order chi connectivity index (χ1) is 7.13. The lowest BCUT2D eigenvalue weighted by atomic mass is 10.1. The standard InChI is InChI=1S/C11H12BrNO2/c1-3-7-4-8(12)11-9(5-7)13(2)10(14)6-15-11/h4-5H,3,6H2,1-2H3. The fraction of sp³-hybridized carbons (Fsp3) is 0.364. The Bertz CT molecular complexity index is 417. The van der Waals surface area contributed by atoms with Crippen molar-refractivity contribution in [2.24, 2.45) is 0 Å². The minimum absolute atomic E-state index is 0.0114. The fourth-order valence-corrected chi connectivity index (χ4v) is 2.21. The largest absolute Gasteiger partial charge is 0.480 e. The molecule has 0 unspecified atom stereocenters. The van der Waals surface area contributed by atoms with E-state index in [1.54, 1.807) is 11.9 Å². The predicted molar refractivity (Wildman–Crippen MR) is 62.4 cm³/mol. The molecule has 1 heterocycles. The molecule has 1 aliphatic rings. The molecule has 0 saturated carbocycles. The average Bonchev–Trinajstić information content (AvgIpc) is 2.23. The van der Waals surface area contributed by atoms with Gasteiger partial charge in [0, 0.05) is 7.05 Å². The third-order valence-corrected chi connectivity index (χ3v) is 3.16. The Balaban J connectivity index is 2.55. The van der Waals surface area contributed by atoms with Crippen molar-refractivity contribution < 1.29 is 9.53 Å². The number of amides is 1. The average molecular weight is 270 g/mol. The number of aryl methyl sites for hydroxylation is 1. The van der Waals surface area contributed by atoms with Crippen molar-refractivity contribution in [3.05, 3.63) is 22.2 Å². The number of rotatable bonds is 1. The molecule has 2 rings (SSSR count). The van der Waals surface area contributed by atoms with E-state index in [-0.39, 0.29) is 12.5 Å². The summed E-state index contributed by atoms with van der Waals surface area (Å²) >= 11 is 3.46. The van der Waals surface area contributed by atoms with Crippen molar-refractivity contribution in [2.75, 3.05) is 18.6 Å². The molecule has 0 saturated heterocycles. The van der Waals surface area contributed by atoms with Crippen LogP contribution in [-0.4, -0.2) is 19.6 Å². The Labute approximate surface area is 97.2 Å². The van der Waals surface area contributed by atoms with Crippen LogP contribution in [0.25, 0.3) is 0 Å². The summed E-state index contributed by atoms with van der Waals surface area (Å²) in [6.07, 6.45) is 0.938. The van der Waals surface area contributed by atoms with Crippen LogP contribution in [0.2, 0.25) is 0 Å². The zero-order valence-corrected chi connectivity index (χ0v) is 10.3. The molecule has 0 radical (unpaired) electrons. The lowest BCUT2D eigenvalue weighted by molar-refractivity contribution is -0.121. The molecule has 0 bridgehead atoms. The number of fused-ring (bicyclic) bond motifs is 1. The van der Waals surface area contributed by atoms with Crippen molar-refractivity contribution in [1.29, 1.82) is 0 Å². The molecule has 3 nitrogen and oxygen atoms in total. The van der Waals surface area contributed by atoms with Gasteiger partial charge in [-0.3, -0.25) is 4.79 Å². The second kappa shape index (κ2) is 3.85. The normalized spacial score (nSPS) is 14.9. The van der Waals surface area contributed by atoms with Gasteiger partial charge in [-0.2, -0.15) is 0 Å². The van der Waals surface area contributed by atoms with Gasteiger partial charge in [0.25, 0.3) is 5.91 Å². The first kappa shape index (κ1) is 10.5. The fourth-order valence-electron chi connectivity index (χ4n) is 1.59. The van der Waals surface area contributed by atoms with E-state index in [4.69, 9.17) is 4.74 Å². The van der Waals surface area contributed by atoms with Gasteiger partial charge >= 0.3 is 0 Å². The van der Waals surface area contributed by atoms with Gasteiger partial charge in [0.2, 0.25) is 0 Å². The lowest BCUT2D eigenvalue weighted by Crippen LogP contribution is -2.35. The summed E-state index contributed by atoms with van der Waals surface area (Å²) in [5.74, 6) is 0.747. The number of carbonyl (C=O) groups is 1. The van der Waals surface area contributed by atoms with Gasteiger partial charge in [0.1, 0.15) is 0 Å². The molecule has 1 aliphatic heterocycles. The molecule has 1 aromatic rings. The molecule has 1 amide bonds. The van der Waals surface area contributed by atoms with Crippen LogP contribution in [0.5, 0.6) is 5.75 Å². The van der Waals surface area contributed by atoms with Crippen molar-refractivity contribution in [2.45, 2.75) is 13.3 Å². The van der Waals surface area contributed by atoms with Crippen LogP contribution >= 0.6 is 15.9 Å². The van der Waals surface area contributed by atoms with E-state index < -0.39 is 0 Å². The maximum atomic E-state index is 11.5. The summed E-state index contributed by atoms with van der Waals surface area (Å²) in [5.41, 5.74) is 2.03. The molecule has 1 aromatic carbocycles. The highest BCUT2D eigenvalue weighted by Crippen LogP contribution is 2.39. The summed E-state index contributed by atoms with van der Waals surface area (Å²) in [5, 5.41) is 0. The Morgan fingerprint density at radius 1 is 1.53 bits per heavy atom. The summed E-state index contributed by atoms with van der Waals surface area (Å²) in [7, 11) is 1.77. The highest BCUT2D eigenvalue weighted by molar-refractivity contribution is 9.10. The molecule has 0 fully saturated rings. The highest BCUT2D eigenvalue weighted by Gasteiger charge is 2.24. The van der Waals surface area contributed by atoms with E-state index in [2.05, 4.69) is 22.9 Å². The number of anilines is 1. The zero-order valence-electron chi connectivity index (χ0n) is 8.71. The maximum Gasteiger partial charge on any atom is 0.264 e. The number of carbonyl (C=O) groups excluding carboxylic acids is 1. The minimum Gasteiger partial charge on any atom is -0.480 e. The van der Waals surface area contributed by atoms with E-state index in [1.165, 1.54) is 5.56 Å². The van der Waals surface area contributed by atoms with Gasteiger partial charge < -0.3 is 9.64 Å². The van der Waals surface area contributed by atoms with E-state index in [1.807, 2.05) is 12.1 Å². The van der Waals surface area contributed by atoms with Crippen LogP contribution < -0.4 is 9.64 Å². The Morgan fingerprint density at radius 2 is 2.27 bits per heavy atom. The second-order valence-corrected chi connectivity index (χ2v) is 4.38. The van der Waals surface area contributed by atoms with Crippen LogP contribution in [0.15, 0.2) is 16.6 Å². The summed E-state index contributed by atoms with van der Waals surface area (Å²) < 4.78 is 6.31. The Morgan fingerprint density at radius 3 is 2.93 bits per heavy atom. The van der Waals surface area contributed by atoms with Gasteiger partial charge in [-0.1, -0.05) is 6.92 Å². The maximum absolute atomic E-state index is 11.5. The van der Waals surface area contributed by atoms with Crippen LogP contribution in [0.4, 0.5) is 5.69 Å². The van der Waals surface area contributed by atoms with Crippen LogP contribution in [0.1, 0.15) is 12.5 Å². The lowest BCUT2D eigenvalue weighted by Gasteiger charge is -2.27. The smallest absolute Gasteiger partial charge is 0.264 e. The molecule has 0 aromatic heterocycles. The van der Waals surface area contributed by atoms with Crippen molar-refractivity contribution in [3.63, 3.8) is 0 Å². The first-order valence-corrected chi connectivity index (χ1v) is 5.64. The monoisotopic (exact) mass is 269 g/mol. The molecular weight excluding hydrogens is 258 g/mol. The van der Waals surface area contributed by atoms with Crippen LogP contribution in [-0.2, 0) is 11.2 Å². The van der Waals surface area contributed by atoms with Gasteiger partial charge in [-0.15, -0.1) is 0 Å². The number of likely N-dealkylation sites (N-methyl/N-ethyl adjacent to an activating group) is 1. The Kier molecular flexibility index (Phi) is 2.69. The summed E-state index contributed by atoms with van der Waals surface area (Å²) in [4.78, 5) is 13.1. The predicted octanol–water partition coefficient (Wildman–Crippen LogP) is 2.37. The van der Waals surface area contributed by atoms with Gasteiger partial charge in [0.05, 0.1) is 10.2 Å². The quantitative estimate of drug-likeness (QED) is 0.784. The van der Waals surface area contributed by atoms with Gasteiger partial charge in [0.15, 0.2) is 12.4 Å². The molecule has 0 aliphatic carbocycles. The molecular formula is C11H12BrNO2. The number of nitrogens with zero attached hydrogens (tertiary/aromatic N) is 1. The molecule has 0 atom stereocenters. The van der Waals surface area contributed by atoms with E-state index in [0.29, 0.717) is 0 Å². The second-order valence-electron chi connectivity index (χ2n) is 3.52. The highest BCUT2D eigenvalue weighted by atomic mass is 79.9. The van der Waals surface area contributed by atoms with E-state index in [0.717, 1.165) is 22.3 Å². The van der Waals surface area contributed by atoms with Gasteiger partial charge in [-0.25, -0.2) is 0 Å². The SMILES string of the molecule is CCc1cc(Br)c2c(c1)N(C)C(=O)CO2. The third-order valence-electron chi connectivity index (χ3n) is 2.57. The minimum atomic E-state index is -0.0114. The van der Waals surface area contributed by atoms with Crippen molar-refractivity contribution in [3.8, 4) is 5.75 Å². The molecule has 15 heavy (non-hydrogen) atoms. The Hall–Kier alpha value is -1.03. The van der Waals surface area contributed by atoms with Crippen molar-refractivity contribution >= 4 is 27.5 Å².